The topological polar surface area (TPSA) is 33.5 Å². The SMILES string of the molecule is O=C1S/C(=C\c2ccc(-c3cccc(C(F)(F)F)c3)o2)C(=S)N1c1ccccc1. The molecule has 0 atom stereocenters. The maximum atomic E-state index is 12.9. The van der Waals surface area contributed by atoms with Crippen molar-refractivity contribution >= 4 is 46.0 Å². The highest BCUT2D eigenvalue weighted by atomic mass is 32.2. The van der Waals surface area contributed by atoms with Crippen LogP contribution in [0.3, 0.4) is 0 Å². The molecule has 0 bridgehead atoms. The maximum Gasteiger partial charge on any atom is 0.416 e. The molecule has 0 spiro atoms. The van der Waals surface area contributed by atoms with Gasteiger partial charge in [-0.25, -0.2) is 0 Å². The molecular weight excluding hydrogens is 419 g/mol. The van der Waals surface area contributed by atoms with Crippen molar-refractivity contribution in [2.45, 2.75) is 6.18 Å². The molecule has 0 aliphatic carbocycles. The van der Waals surface area contributed by atoms with Crippen molar-refractivity contribution in [2.75, 3.05) is 4.90 Å². The Morgan fingerprint density at radius 3 is 2.48 bits per heavy atom. The van der Waals surface area contributed by atoms with Crippen LogP contribution >= 0.6 is 24.0 Å². The van der Waals surface area contributed by atoms with Crippen molar-refractivity contribution in [1.29, 1.82) is 0 Å². The van der Waals surface area contributed by atoms with Crippen LogP contribution in [-0.4, -0.2) is 10.2 Å². The first-order chi connectivity index (χ1) is 13.8. The number of carbonyl (C=O) groups is 1. The zero-order valence-corrected chi connectivity index (χ0v) is 16.3. The zero-order valence-electron chi connectivity index (χ0n) is 14.6. The molecule has 0 radical (unpaired) electrons. The number of amides is 1. The van der Waals surface area contributed by atoms with Gasteiger partial charge < -0.3 is 4.42 Å². The minimum Gasteiger partial charge on any atom is -0.457 e. The molecule has 0 N–H and O–H groups in total. The smallest absolute Gasteiger partial charge is 0.416 e. The highest BCUT2D eigenvalue weighted by molar-refractivity contribution is 8.20. The number of furan rings is 1. The maximum absolute atomic E-state index is 12.9. The van der Waals surface area contributed by atoms with Gasteiger partial charge in [0.25, 0.3) is 5.24 Å². The van der Waals surface area contributed by atoms with E-state index in [0.29, 0.717) is 32.7 Å². The summed E-state index contributed by atoms with van der Waals surface area (Å²) in [5.74, 6) is 0.688. The van der Waals surface area contributed by atoms with E-state index in [2.05, 4.69) is 0 Å². The van der Waals surface area contributed by atoms with Crippen molar-refractivity contribution in [3.63, 3.8) is 0 Å². The summed E-state index contributed by atoms with van der Waals surface area (Å²) < 4.78 is 44.4. The molecule has 0 unspecified atom stereocenters. The Hall–Kier alpha value is -2.84. The fourth-order valence-electron chi connectivity index (χ4n) is 2.83. The quantitative estimate of drug-likeness (QED) is 0.330. The van der Waals surface area contributed by atoms with Crippen LogP contribution in [0.5, 0.6) is 0 Å². The summed E-state index contributed by atoms with van der Waals surface area (Å²) in [6.07, 6.45) is -2.81. The lowest BCUT2D eigenvalue weighted by Crippen LogP contribution is -2.26. The van der Waals surface area contributed by atoms with Crippen LogP contribution in [0.1, 0.15) is 11.3 Å². The second-order valence-corrected chi connectivity index (χ2v) is 7.51. The Morgan fingerprint density at radius 1 is 1.00 bits per heavy atom. The van der Waals surface area contributed by atoms with E-state index in [-0.39, 0.29) is 5.24 Å². The molecule has 2 aromatic carbocycles. The van der Waals surface area contributed by atoms with E-state index in [1.54, 1.807) is 36.4 Å². The second kappa shape index (κ2) is 7.53. The second-order valence-electron chi connectivity index (χ2n) is 6.13. The molecule has 1 aromatic heterocycles. The number of thiocarbonyl (C=S) groups is 1. The molecule has 1 aliphatic rings. The number of anilines is 1. The molecule has 8 heteroatoms. The average molecular weight is 431 g/mol. The minimum absolute atomic E-state index is 0.225. The van der Waals surface area contributed by atoms with Crippen LogP contribution in [0.25, 0.3) is 17.4 Å². The molecule has 4 rings (SSSR count). The Labute approximate surface area is 173 Å². The standard InChI is InChI=1S/C21H12F3NO2S2/c22-21(23,24)14-6-4-5-13(11-14)17-10-9-16(27-17)12-18-19(28)25(20(26)29-18)15-7-2-1-3-8-15/h1-12H/b18-12-. The normalized spacial score (nSPS) is 16.1. The highest BCUT2D eigenvalue weighted by Gasteiger charge is 2.33. The number of benzene rings is 2. The third-order valence-electron chi connectivity index (χ3n) is 4.18. The molecule has 29 heavy (non-hydrogen) atoms. The predicted octanol–water partition coefficient (Wildman–Crippen LogP) is 7.01. The van der Waals surface area contributed by atoms with Gasteiger partial charge >= 0.3 is 6.18 Å². The zero-order chi connectivity index (χ0) is 20.6. The lowest BCUT2D eigenvalue weighted by molar-refractivity contribution is -0.137. The number of rotatable bonds is 3. The summed E-state index contributed by atoms with van der Waals surface area (Å²) in [7, 11) is 0. The van der Waals surface area contributed by atoms with Gasteiger partial charge in [0.2, 0.25) is 0 Å². The minimum atomic E-state index is -4.43. The van der Waals surface area contributed by atoms with Crippen molar-refractivity contribution in [1.82, 2.24) is 0 Å². The molecule has 1 aliphatic heterocycles. The van der Waals surface area contributed by atoms with Crippen LogP contribution in [0.2, 0.25) is 0 Å². The molecule has 1 amide bonds. The number of para-hydroxylation sites is 1. The summed E-state index contributed by atoms with van der Waals surface area (Å²) in [6, 6.07) is 17.2. The Bertz CT molecular complexity index is 1120. The Balaban J connectivity index is 1.60. The van der Waals surface area contributed by atoms with E-state index in [1.807, 2.05) is 18.2 Å². The predicted molar refractivity (Wildman–Crippen MR) is 112 cm³/mol. The average Bonchev–Trinajstić information content (AvgIpc) is 3.27. The van der Waals surface area contributed by atoms with Crippen LogP contribution in [-0.2, 0) is 6.18 Å². The van der Waals surface area contributed by atoms with Gasteiger partial charge in [0.05, 0.1) is 16.2 Å². The molecule has 2 heterocycles. The van der Waals surface area contributed by atoms with Crippen molar-refractivity contribution in [2.24, 2.45) is 0 Å². The third kappa shape index (κ3) is 3.99. The van der Waals surface area contributed by atoms with Gasteiger partial charge in [-0.15, -0.1) is 0 Å². The van der Waals surface area contributed by atoms with Crippen molar-refractivity contribution < 1.29 is 22.4 Å². The van der Waals surface area contributed by atoms with Crippen LogP contribution in [0, 0.1) is 0 Å². The summed E-state index contributed by atoms with van der Waals surface area (Å²) in [5.41, 5.74) is 0.235. The van der Waals surface area contributed by atoms with Crippen molar-refractivity contribution in [3.8, 4) is 11.3 Å². The van der Waals surface area contributed by atoms with Gasteiger partial charge in [-0.05, 0) is 54.2 Å². The third-order valence-corrected chi connectivity index (χ3v) is 5.60. The van der Waals surface area contributed by atoms with Crippen LogP contribution < -0.4 is 4.90 Å². The molecule has 146 valence electrons. The van der Waals surface area contributed by atoms with E-state index < -0.39 is 11.7 Å². The number of carbonyl (C=O) groups excluding carboxylic acids is 1. The molecule has 1 fully saturated rings. The summed E-state index contributed by atoms with van der Waals surface area (Å²) in [6.45, 7) is 0. The van der Waals surface area contributed by atoms with Gasteiger partial charge in [0.1, 0.15) is 16.5 Å². The van der Waals surface area contributed by atoms with Gasteiger partial charge in [0, 0.05) is 5.56 Å². The van der Waals surface area contributed by atoms with E-state index in [9.17, 15) is 18.0 Å². The number of nitrogens with zero attached hydrogens (tertiary/aromatic N) is 1. The van der Waals surface area contributed by atoms with Gasteiger partial charge in [-0.1, -0.05) is 42.5 Å². The lowest BCUT2D eigenvalue weighted by atomic mass is 10.1. The van der Waals surface area contributed by atoms with E-state index in [1.165, 1.54) is 11.0 Å². The largest absolute Gasteiger partial charge is 0.457 e. The Morgan fingerprint density at radius 2 is 1.76 bits per heavy atom. The number of hydrogen-bond donors (Lipinski definition) is 0. The first-order valence-corrected chi connectivity index (χ1v) is 9.66. The molecular formula is C21H12F3NO2S2. The first-order valence-electron chi connectivity index (χ1n) is 8.43. The summed E-state index contributed by atoms with van der Waals surface area (Å²) in [5, 5.41) is -0.225. The highest BCUT2D eigenvalue weighted by Crippen LogP contribution is 2.37. The summed E-state index contributed by atoms with van der Waals surface area (Å²) in [4.78, 5) is 14.7. The van der Waals surface area contributed by atoms with Gasteiger partial charge in [-0.3, -0.25) is 9.69 Å². The fraction of sp³-hybridized carbons (Fsp3) is 0.0476. The van der Waals surface area contributed by atoms with Crippen molar-refractivity contribution in [3.05, 3.63) is 83.0 Å². The lowest BCUT2D eigenvalue weighted by Gasteiger charge is -2.14. The molecule has 3 nitrogen and oxygen atoms in total. The van der Waals surface area contributed by atoms with Gasteiger partial charge in [-0.2, -0.15) is 13.2 Å². The Kier molecular flexibility index (Phi) is 5.06. The fourth-order valence-corrected chi connectivity index (χ4v) is 4.09. The van der Waals surface area contributed by atoms with E-state index >= 15 is 0 Å². The first kappa shape index (κ1) is 19.5. The molecule has 1 saturated heterocycles. The van der Waals surface area contributed by atoms with Crippen LogP contribution in [0.4, 0.5) is 23.7 Å². The van der Waals surface area contributed by atoms with Gasteiger partial charge in [0.15, 0.2) is 0 Å². The molecule has 0 saturated carbocycles. The van der Waals surface area contributed by atoms with E-state index in [0.717, 1.165) is 23.9 Å². The monoisotopic (exact) mass is 431 g/mol. The number of alkyl halides is 3. The van der Waals surface area contributed by atoms with Crippen LogP contribution in [0.15, 0.2) is 76.1 Å². The number of hydrogen-bond acceptors (Lipinski definition) is 4. The van der Waals surface area contributed by atoms with E-state index in [4.69, 9.17) is 16.6 Å². The summed E-state index contributed by atoms with van der Waals surface area (Å²) >= 11 is 6.41. The molecule has 3 aromatic rings. The number of thioether (sulfide) groups is 1. The number of halogens is 3.